The van der Waals surface area contributed by atoms with Gasteiger partial charge in [-0.25, -0.2) is 9.18 Å². The van der Waals surface area contributed by atoms with E-state index in [9.17, 15) is 14.3 Å². The number of rotatable bonds is 7. The van der Waals surface area contributed by atoms with Crippen LogP contribution in [0.5, 0.6) is 5.75 Å². The maximum Gasteiger partial charge on any atom is 0.337 e. The number of hydrogen-bond donors (Lipinski definition) is 2. The first-order valence-electron chi connectivity index (χ1n) is 9.66. The van der Waals surface area contributed by atoms with Gasteiger partial charge in [0.15, 0.2) is 0 Å². The molecule has 0 saturated heterocycles. The van der Waals surface area contributed by atoms with Crippen molar-refractivity contribution >= 4 is 34.0 Å². The average molecular weight is 436 g/mol. The molecule has 4 rings (SSSR count). The van der Waals surface area contributed by atoms with Gasteiger partial charge < -0.3 is 15.2 Å². The average Bonchev–Trinajstić information content (AvgIpc) is 2.78. The second-order valence-electron chi connectivity index (χ2n) is 7.00. The second-order valence-corrected chi connectivity index (χ2v) is 7.40. The van der Waals surface area contributed by atoms with Crippen molar-refractivity contribution in [3.8, 4) is 5.75 Å². The van der Waals surface area contributed by atoms with Gasteiger partial charge in [-0.3, -0.25) is 0 Å². The fraction of sp³-hybridized carbons (Fsp3) is 0.0800. The zero-order valence-corrected chi connectivity index (χ0v) is 17.2. The van der Waals surface area contributed by atoms with Gasteiger partial charge in [-0.05, 0) is 41.1 Å². The molecule has 4 nitrogen and oxygen atoms in total. The number of benzene rings is 4. The van der Waals surface area contributed by atoms with Crippen LogP contribution in [0.4, 0.5) is 10.1 Å². The summed E-state index contributed by atoms with van der Waals surface area (Å²) in [5.74, 6) is -0.778. The Morgan fingerprint density at radius 2 is 1.77 bits per heavy atom. The van der Waals surface area contributed by atoms with Crippen LogP contribution in [0.1, 0.15) is 21.5 Å². The topological polar surface area (TPSA) is 58.6 Å². The predicted octanol–water partition coefficient (Wildman–Crippen LogP) is 6.52. The number of aromatic carboxylic acids is 1. The Balaban J connectivity index is 1.63. The van der Waals surface area contributed by atoms with E-state index in [1.54, 1.807) is 30.3 Å². The molecule has 0 unspecified atom stereocenters. The van der Waals surface area contributed by atoms with Gasteiger partial charge in [0.25, 0.3) is 0 Å². The van der Waals surface area contributed by atoms with Gasteiger partial charge in [0.2, 0.25) is 0 Å². The molecule has 0 atom stereocenters. The molecular weight excluding hydrogens is 417 g/mol. The number of carboxylic acid groups (broad SMARTS) is 1. The summed E-state index contributed by atoms with van der Waals surface area (Å²) in [4.78, 5) is 11.4. The van der Waals surface area contributed by atoms with Crippen molar-refractivity contribution in [2.45, 2.75) is 13.2 Å². The maximum atomic E-state index is 14.0. The molecule has 4 aromatic rings. The van der Waals surface area contributed by atoms with Crippen LogP contribution in [0.3, 0.4) is 0 Å². The number of anilines is 1. The Kier molecular flexibility index (Phi) is 6.05. The molecule has 0 aliphatic heterocycles. The fourth-order valence-corrected chi connectivity index (χ4v) is 3.59. The zero-order valence-electron chi connectivity index (χ0n) is 16.4. The molecule has 0 radical (unpaired) electrons. The maximum absolute atomic E-state index is 14.0. The van der Waals surface area contributed by atoms with Crippen LogP contribution in [-0.4, -0.2) is 11.1 Å². The van der Waals surface area contributed by atoms with E-state index < -0.39 is 5.97 Å². The van der Waals surface area contributed by atoms with E-state index >= 15 is 0 Å². The van der Waals surface area contributed by atoms with Gasteiger partial charge >= 0.3 is 5.97 Å². The van der Waals surface area contributed by atoms with Crippen molar-refractivity contribution in [2.75, 3.05) is 5.32 Å². The number of carbonyl (C=O) groups is 1. The summed E-state index contributed by atoms with van der Waals surface area (Å²) >= 11 is 5.96. The quantitative estimate of drug-likeness (QED) is 0.347. The summed E-state index contributed by atoms with van der Waals surface area (Å²) in [6.07, 6.45) is 0. The standard InChI is InChI=1S/C25H19ClFNO3/c26-22-11-10-18(13-20(22)25(29)30)28-14-21-19-7-3-1-5-16(19)9-12-24(21)31-15-17-6-2-4-8-23(17)27/h1-13,28H,14-15H2,(H,29,30). The normalized spacial score (nSPS) is 10.8. The summed E-state index contributed by atoms with van der Waals surface area (Å²) < 4.78 is 20.0. The lowest BCUT2D eigenvalue weighted by molar-refractivity contribution is 0.0697. The molecule has 0 aromatic heterocycles. The van der Waals surface area contributed by atoms with Crippen molar-refractivity contribution in [3.63, 3.8) is 0 Å². The Labute approximate surface area is 183 Å². The van der Waals surface area contributed by atoms with Crippen LogP contribution in [0.25, 0.3) is 10.8 Å². The van der Waals surface area contributed by atoms with E-state index in [0.29, 0.717) is 23.5 Å². The third-order valence-electron chi connectivity index (χ3n) is 5.00. The summed E-state index contributed by atoms with van der Waals surface area (Å²) in [5.41, 5.74) is 2.01. The molecule has 4 aromatic carbocycles. The fourth-order valence-electron chi connectivity index (χ4n) is 3.39. The van der Waals surface area contributed by atoms with E-state index in [2.05, 4.69) is 5.32 Å². The Morgan fingerprint density at radius 3 is 2.58 bits per heavy atom. The van der Waals surface area contributed by atoms with Crippen LogP contribution >= 0.6 is 11.6 Å². The van der Waals surface area contributed by atoms with Crippen LogP contribution in [-0.2, 0) is 13.2 Å². The monoisotopic (exact) mass is 435 g/mol. The third-order valence-corrected chi connectivity index (χ3v) is 5.33. The summed E-state index contributed by atoms with van der Waals surface area (Å²) in [7, 11) is 0. The minimum atomic E-state index is -1.09. The van der Waals surface area contributed by atoms with Gasteiger partial charge in [-0.2, -0.15) is 0 Å². The minimum Gasteiger partial charge on any atom is -0.488 e. The molecule has 31 heavy (non-hydrogen) atoms. The number of nitrogens with one attached hydrogen (secondary N) is 1. The molecule has 0 bridgehead atoms. The van der Waals surface area contributed by atoms with Crippen LogP contribution < -0.4 is 10.1 Å². The van der Waals surface area contributed by atoms with Crippen molar-refractivity contribution in [1.82, 2.24) is 0 Å². The van der Waals surface area contributed by atoms with Crippen molar-refractivity contribution < 1.29 is 19.0 Å². The molecule has 0 aliphatic carbocycles. The number of ether oxygens (including phenoxy) is 1. The first-order chi connectivity index (χ1) is 15.0. The molecule has 6 heteroatoms. The van der Waals surface area contributed by atoms with E-state index in [1.165, 1.54) is 12.1 Å². The number of fused-ring (bicyclic) bond motifs is 1. The highest BCUT2D eigenvalue weighted by molar-refractivity contribution is 6.33. The van der Waals surface area contributed by atoms with Crippen molar-refractivity contribution in [3.05, 3.63) is 106 Å². The van der Waals surface area contributed by atoms with Gasteiger partial charge in [-0.15, -0.1) is 0 Å². The highest BCUT2D eigenvalue weighted by Gasteiger charge is 2.13. The molecule has 0 heterocycles. The smallest absolute Gasteiger partial charge is 0.337 e. The predicted molar refractivity (Wildman–Crippen MR) is 120 cm³/mol. The molecule has 0 saturated carbocycles. The third kappa shape index (κ3) is 4.62. The second kappa shape index (κ2) is 9.06. The van der Waals surface area contributed by atoms with Crippen molar-refractivity contribution in [2.24, 2.45) is 0 Å². The highest BCUT2D eigenvalue weighted by Crippen LogP contribution is 2.30. The molecule has 0 spiro atoms. The zero-order chi connectivity index (χ0) is 21.8. The van der Waals surface area contributed by atoms with Crippen molar-refractivity contribution in [1.29, 1.82) is 0 Å². The van der Waals surface area contributed by atoms with Gasteiger partial charge in [0.05, 0.1) is 10.6 Å². The van der Waals surface area contributed by atoms with E-state index in [0.717, 1.165) is 16.3 Å². The Morgan fingerprint density at radius 1 is 1.00 bits per heavy atom. The summed E-state index contributed by atoms with van der Waals surface area (Å²) in [5, 5.41) is 14.8. The SMILES string of the molecule is O=C(O)c1cc(NCc2c(OCc3ccccc3F)ccc3ccccc23)ccc1Cl. The van der Waals surface area contributed by atoms with Gasteiger partial charge in [0.1, 0.15) is 18.2 Å². The Bertz CT molecular complexity index is 1260. The molecule has 0 fully saturated rings. The minimum absolute atomic E-state index is 0.0283. The summed E-state index contributed by atoms with van der Waals surface area (Å²) in [6, 6.07) is 23.0. The Hall–Kier alpha value is -3.57. The van der Waals surface area contributed by atoms with Gasteiger partial charge in [-0.1, -0.05) is 60.1 Å². The lowest BCUT2D eigenvalue weighted by atomic mass is 10.0. The largest absolute Gasteiger partial charge is 0.488 e. The molecule has 156 valence electrons. The lowest BCUT2D eigenvalue weighted by Gasteiger charge is -2.16. The molecular formula is C25H19ClFNO3. The lowest BCUT2D eigenvalue weighted by Crippen LogP contribution is -2.06. The summed E-state index contributed by atoms with van der Waals surface area (Å²) in [6.45, 7) is 0.483. The van der Waals surface area contributed by atoms with E-state index in [-0.39, 0.29) is 23.0 Å². The van der Waals surface area contributed by atoms with Gasteiger partial charge in [0, 0.05) is 23.4 Å². The van der Waals surface area contributed by atoms with Crippen LogP contribution in [0.2, 0.25) is 5.02 Å². The first-order valence-corrected chi connectivity index (χ1v) is 10.0. The number of hydrogen-bond acceptors (Lipinski definition) is 3. The number of carboxylic acids is 1. The molecule has 2 N–H and O–H groups in total. The first kappa shape index (κ1) is 20.7. The highest BCUT2D eigenvalue weighted by atomic mass is 35.5. The van der Waals surface area contributed by atoms with Crippen LogP contribution in [0, 0.1) is 5.82 Å². The number of halogens is 2. The molecule has 0 aliphatic rings. The van der Waals surface area contributed by atoms with E-state index in [1.807, 2.05) is 36.4 Å². The van der Waals surface area contributed by atoms with Crippen LogP contribution in [0.15, 0.2) is 78.9 Å². The van der Waals surface area contributed by atoms with E-state index in [4.69, 9.17) is 16.3 Å². The molecule has 0 amide bonds.